The number of sulfone groups is 1. The van der Waals surface area contributed by atoms with E-state index in [1.807, 2.05) is 10.6 Å². The van der Waals surface area contributed by atoms with E-state index in [0.29, 0.717) is 25.7 Å². The number of carboxylic acid groups (broad SMARTS) is 1. The Morgan fingerprint density at radius 2 is 1.79 bits per heavy atom. The number of fused-ring (bicyclic) bond motifs is 1. The molecule has 29 heavy (non-hydrogen) atoms. The van der Waals surface area contributed by atoms with Gasteiger partial charge in [0.05, 0.1) is 20.9 Å². The van der Waals surface area contributed by atoms with Crippen LogP contribution in [0.15, 0.2) is 40.3 Å². The van der Waals surface area contributed by atoms with Gasteiger partial charge in [-0.05, 0) is 62.6 Å². The first-order valence-electron chi connectivity index (χ1n) is 9.65. The predicted molar refractivity (Wildman–Crippen MR) is 112 cm³/mol. The summed E-state index contributed by atoms with van der Waals surface area (Å²) in [5, 5.41) is 9.45. The summed E-state index contributed by atoms with van der Waals surface area (Å²) >= 11 is 12.4. The summed E-state index contributed by atoms with van der Waals surface area (Å²) in [5.41, 5.74) is 2.79. The van der Waals surface area contributed by atoms with Crippen LogP contribution in [0, 0.1) is 5.92 Å². The van der Waals surface area contributed by atoms with E-state index in [0.717, 1.165) is 36.2 Å². The molecule has 0 bridgehead atoms. The van der Waals surface area contributed by atoms with Crippen molar-refractivity contribution < 1.29 is 18.3 Å². The Morgan fingerprint density at radius 1 is 1.10 bits per heavy atom. The summed E-state index contributed by atoms with van der Waals surface area (Å²) in [6.45, 7) is 0. The first kappa shape index (κ1) is 20.5. The molecule has 1 unspecified atom stereocenters. The van der Waals surface area contributed by atoms with Gasteiger partial charge in [0.2, 0.25) is 9.84 Å². The summed E-state index contributed by atoms with van der Waals surface area (Å²) in [5.74, 6) is -1.17. The molecule has 5 nitrogen and oxygen atoms in total. The van der Waals surface area contributed by atoms with Gasteiger partial charge in [0.25, 0.3) is 0 Å². The minimum atomic E-state index is -3.89. The highest BCUT2D eigenvalue weighted by atomic mass is 35.5. The van der Waals surface area contributed by atoms with Crippen molar-refractivity contribution in [3.8, 4) is 0 Å². The van der Waals surface area contributed by atoms with Crippen LogP contribution in [0.4, 0.5) is 0 Å². The molecule has 2 aliphatic rings. The molecule has 0 fully saturated rings. The maximum Gasteiger partial charge on any atom is 0.306 e. The van der Waals surface area contributed by atoms with Crippen molar-refractivity contribution in [2.24, 2.45) is 5.92 Å². The fraction of sp³-hybridized carbons (Fsp3) is 0.381. The van der Waals surface area contributed by atoms with Gasteiger partial charge in [-0.25, -0.2) is 8.42 Å². The van der Waals surface area contributed by atoms with Crippen LogP contribution in [0.1, 0.15) is 43.4 Å². The van der Waals surface area contributed by atoms with Gasteiger partial charge in [0, 0.05) is 17.6 Å². The lowest BCUT2D eigenvalue weighted by Gasteiger charge is -2.22. The molecule has 1 N–H and O–H groups in total. The molecule has 154 valence electrons. The van der Waals surface area contributed by atoms with Crippen molar-refractivity contribution in [3.63, 3.8) is 0 Å². The molecular weight excluding hydrogens is 433 g/mol. The number of hydrogen-bond donors (Lipinski definition) is 1. The topological polar surface area (TPSA) is 76.4 Å². The standard InChI is InChI=1S/C21H21Cl2NO4S/c22-16-5-3-6-17(23)20(16)29(27,28)19-12-24(18-7-2-1-4-15(18)19)14-10-8-13(9-11-14)21(25)26/h3,5-6,10,12-13H,1-2,4,7-9,11H2,(H,25,26). The lowest BCUT2D eigenvalue weighted by Crippen LogP contribution is -2.18. The molecule has 1 heterocycles. The predicted octanol–water partition coefficient (Wildman–Crippen LogP) is 5.23. The number of aliphatic carboxylic acids is 1. The van der Waals surface area contributed by atoms with Crippen molar-refractivity contribution in [2.75, 3.05) is 0 Å². The second-order valence-corrected chi connectivity index (χ2v) is 10.2. The number of rotatable bonds is 4. The number of hydrogen-bond acceptors (Lipinski definition) is 3. The van der Waals surface area contributed by atoms with E-state index in [4.69, 9.17) is 23.2 Å². The van der Waals surface area contributed by atoms with Crippen LogP contribution >= 0.6 is 23.2 Å². The zero-order valence-corrected chi connectivity index (χ0v) is 18.0. The second kappa shape index (κ2) is 7.82. The Hall–Kier alpha value is -1.76. The summed E-state index contributed by atoms with van der Waals surface area (Å²) in [6.07, 6.45) is 8.61. The van der Waals surface area contributed by atoms with Crippen LogP contribution in [-0.2, 0) is 27.5 Å². The van der Waals surface area contributed by atoms with Crippen molar-refractivity contribution in [1.82, 2.24) is 4.57 Å². The van der Waals surface area contributed by atoms with E-state index >= 15 is 0 Å². The molecule has 1 atom stereocenters. The van der Waals surface area contributed by atoms with E-state index in [2.05, 4.69) is 0 Å². The average molecular weight is 454 g/mol. The molecule has 1 aromatic carbocycles. The number of carbonyl (C=O) groups is 1. The van der Waals surface area contributed by atoms with E-state index in [-0.39, 0.29) is 25.8 Å². The number of aromatic nitrogens is 1. The Bertz CT molecular complexity index is 1100. The first-order chi connectivity index (χ1) is 13.8. The summed E-state index contributed by atoms with van der Waals surface area (Å²) in [7, 11) is -3.89. The first-order valence-corrected chi connectivity index (χ1v) is 11.9. The third-order valence-corrected chi connectivity index (χ3v) is 8.56. The van der Waals surface area contributed by atoms with Gasteiger partial charge in [0.15, 0.2) is 0 Å². The molecule has 2 aromatic rings. The number of allylic oxidation sites excluding steroid dienone is 2. The summed E-state index contributed by atoms with van der Waals surface area (Å²) in [6, 6.07) is 4.68. The highest BCUT2D eigenvalue weighted by Crippen LogP contribution is 2.40. The minimum Gasteiger partial charge on any atom is -0.481 e. The lowest BCUT2D eigenvalue weighted by atomic mass is 9.92. The highest BCUT2D eigenvalue weighted by Gasteiger charge is 2.32. The maximum absolute atomic E-state index is 13.5. The Kier molecular flexibility index (Phi) is 5.53. The molecule has 0 amide bonds. The molecule has 4 rings (SSSR count). The van der Waals surface area contributed by atoms with Crippen LogP contribution in [0.3, 0.4) is 0 Å². The van der Waals surface area contributed by atoms with Crippen LogP contribution in [0.25, 0.3) is 5.70 Å². The largest absolute Gasteiger partial charge is 0.481 e. The Morgan fingerprint density at radius 3 is 2.41 bits per heavy atom. The third-order valence-electron chi connectivity index (χ3n) is 5.80. The fourth-order valence-corrected chi connectivity index (χ4v) is 6.96. The van der Waals surface area contributed by atoms with Gasteiger partial charge in [-0.2, -0.15) is 0 Å². The number of carboxylic acids is 1. The second-order valence-electron chi connectivity index (χ2n) is 7.55. The zero-order valence-electron chi connectivity index (χ0n) is 15.7. The van der Waals surface area contributed by atoms with Crippen LogP contribution < -0.4 is 0 Å². The van der Waals surface area contributed by atoms with Gasteiger partial charge in [0.1, 0.15) is 4.90 Å². The van der Waals surface area contributed by atoms with Crippen LogP contribution in [0.2, 0.25) is 10.0 Å². The smallest absolute Gasteiger partial charge is 0.306 e. The molecule has 0 spiro atoms. The van der Waals surface area contributed by atoms with Gasteiger partial charge < -0.3 is 9.67 Å². The van der Waals surface area contributed by atoms with Crippen molar-refractivity contribution in [1.29, 1.82) is 0 Å². The van der Waals surface area contributed by atoms with Gasteiger partial charge in [-0.15, -0.1) is 0 Å². The molecule has 0 saturated heterocycles. The highest BCUT2D eigenvalue weighted by molar-refractivity contribution is 7.91. The summed E-state index contributed by atoms with van der Waals surface area (Å²) in [4.78, 5) is 11.4. The number of halogens is 2. The molecule has 0 saturated carbocycles. The zero-order chi connectivity index (χ0) is 20.8. The Labute approximate surface area is 179 Å². The van der Waals surface area contributed by atoms with Crippen LogP contribution in [-0.4, -0.2) is 24.1 Å². The van der Waals surface area contributed by atoms with Crippen molar-refractivity contribution in [3.05, 3.63) is 51.8 Å². The summed E-state index contributed by atoms with van der Waals surface area (Å²) < 4.78 is 29.0. The molecule has 0 radical (unpaired) electrons. The van der Waals surface area contributed by atoms with Gasteiger partial charge >= 0.3 is 5.97 Å². The Balaban J connectivity index is 1.84. The molecule has 8 heteroatoms. The fourth-order valence-electron chi connectivity index (χ4n) is 4.29. The lowest BCUT2D eigenvalue weighted by molar-refractivity contribution is -0.141. The van der Waals surface area contributed by atoms with E-state index in [1.54, 1.807) is 12.3 Å². The quantitative estimate of drug-likeness (QED) is 0.686. The van der Waals surface area contributed by atoms with E-state index < -0.39 is 15.8 Å². The third kappa shape index (κ3) is 3.62. The average Bonchev–Trinajstić information content (AvgIpc) is 3.08. The van der Waals surface area contributed by atoms with E-state index in [1.165, 1.54) is 12.1 Å². The monoisotopic (exact) mass is 453 g/mol. The minimum absolute atomic E-state index is 0.0579. The van der Waals surface area contributed by atoms with Crippen LogP contribution in [0.5, 0.6) is 0 Å². The number of nitrogens with zero attached hydrogens (tertiary/aromatic N) is 1. The molecular formula is C21H21Cl2NO4S. The van der Waals surface area contributed by atoms with Gasteiger partial charge in [-0.1, -0.05) is 35.3 Å². The van der Waals surface area contributed by atoms with Gasteiger partial charge in [-0.3, -0.25) is 4.79 Å². The number of benzene rings is 1. The maximum atomic E-state index is 13.5. The van der Waals surface area contributed by atoms with Crippen molar-refractivity contribution >= 4 is 44.7 Å². The SMILES string of the molecule is O=C(O)C1CC=C(n2cc(S(=O)(=O)c3c(Cl)cccc3Cl)c3c2CCCC3)CC1. The van der Waals surface area contributed by atoms with E-state index in [9.17, 15) is 18.3 Å². The molecule has 0 aliphatic heterocycles. The van der Waals surface area contributed by atoms with Crippen molar-refractivity contribution in [2.45, 2.75) is 54.7 Å². The normalized spacial score (nSPS) is 19.5. The molecule has 2 aliphatic carbocycles. The molecule has 1 aromatic heterocycles.